The van der Waals surface area contributed by atoms with Crippen molar-refractivity contribution in [3.63, 3.8) is 0 Å². The first-order valence-corrected chi connectivity index (χ1v) is 6.36. The highest BCUT2D eigenvalue weighted by atomic mass is 32.2. The van der Waals surface area contributed by atoms with Gasteiger partial charge in [-0.2, -0.15) is 0 Å². The fourth-order valence-corrected chi connectivity index (χ4v) is 2.54. The Morgan fingerprint density at radius 3 is 2.76 bits per heavy atom. The number of halogens is 1. The summed E-state index contributed by atoms with van der Waals surface area (Å²) in [4.78, 5) is 11.6. The van der Waals surface area contributed by atoms with Crippen LogP contribution in [0.15, 0.2) is 23.1 Å². The lowest BCUT2D eigenvalue weighted by Gasteiger charge is -2.11. The predicted octanol–water partition coefficient (Wildman–Crippen LogP) is 3.14. The summed E-state index contributed by atoms with van der Waals surface area (Å²) >= 11 is 1.15. The number of thioether (sulfide) groups is 1. The molecule has 0 saturated carbocycles. The monoisotopic (exact) mass is 257 g/mol. The van der Waals surface area contributed by atoms with E-state index in [1.54, 1.807) is 6.07 Å². The van der Waals surface area contributed by atoms with Crippen molar-refractivity contribution in [3.05, 3.63) is 24.0 Å². The van der Waals surface area contributed by atoms with Crippen molar-refractivity contribution in [2.24, 2.45) is 0 Å². The first kappa shape index (κ1) is 13.8. The van der Waals surface area contributed by atoms with E-state index in [-0.39, 0.29) is 0 Å². The van der Waals surface area contributed by atoms with Gasteiger partial charge in [-0.25, -0.2) is 4.39 Å². The number of nitrogens with two attached hydrogens (primary N) is 1. The molecular formula is C12H16FNO2S. The van der Waals surface area contributed by atoms with Crippen molar-refractivity contribution in [1.82, 2.24) is 0 Å². The lowest BCUT2D eigenvalue weighted by Crippen LogP contribution is -2.16. The summed E-state index contributed by atoms with van der Waals surface area (Å²) in [7, 11) is 0. The van der Waals surface area contributed by atoms with E-state index < -0.39 is 17.0 Å². The van der Waals surface area contributed by atoms with Crippen molar-refractivity contribution in [1.29, 1.82) is 0 Å². The molecule has 3 N–H and O–H groups in total. The molecule has 0 bridgehead atoms. The van der Waals surface area contributed by atoms with Crippen LogP contribution < -0.4 is 5.73 Å². The number of hydrogen-bond acceptors (Lipinski definition) is 3. The van der Waals surface area contributed by atoms with Crippen molar-refractivity contribution in [2.75, 3.05) is 5.73 Å². The van der Waals surface area contributed by atoms with E-state index in [1.807, 2.05) is 6.92 Å². The number of carboxylic acid groups (broad SMARTS) is 1. The van der Waals surface area contributed by atoms with Gasteiger partial charge >= 0.3 is 5.97 Å². The zero-order valence-electron chi connectivity index (χ0n) is 9.65. The third kappa shape index (κ3) is 4.65. The lowest BCUT2D eigenvalue weighted by atomic mass is 10.2. The summed E-state index contributed by atoms with van der Waals surface area (Å²) in [6.07, 6.45) is 2.36. The van der Waals surface area contributed by atoms with Crippen molar-refractivity contribution in [2.45, 2.75) is 36.3 Å². The summed E-state index contributed by atoms with van der Waals surface area (Å²) in [5.41, 5.74) is 5.82. The second-order valence-corrected chi connectivity index (χ2v) is 5.08. The maximum Gasteiger partial charge on any atom is 0.316 e. The summed E-state index contributed by atoms with van der Waals surface area (Å²) in [5, 5.41) is 8.51. The Hall–Kier alpha value is -1.23. The average Bonchev–Trinajstić information content (AvgIpc) is 2.22. The molecule has 1 unspecified atom stereocenters. The Balaban J connectivity index is 2.74. The normalized spacial score (nSPS) is 12.4. The van der Waals surface area contributed by atoms with Crippen LogP contribution in [0, 0.1) is 5.82 Å². The third-order valence-corrected chi connectivity index (χ3v) is 3.50. The molecule has 3 nitrogen and oxygen atoms in total. The van der Waals surface area contributed by atoms with Crippen LogP contribution in [0.25, 0.3) is 0 Å². The van der Waals surface area contributed by atoms with Gasteiger partial charge in [0.15, 0.2) is 0 Å². The second kappa shape index (κ2) is 6.49. The number of unbranched alkanes of at least 4 members (excludes halogenated alkanes) is 1. The minimum atomic E-state index is -0.869. The molecule has 0 fully saturated rings. The highest BCUT2D eigenvalue weighted by Crippen LogP contribution is 2.29. The minimum Gasteiger partial charge on any atom is -0.480 e. The third-order valence-electron chi connectivity index (χ3n) is 2.27. The zero-order valence-corrected chi connectivity index (χ0v) is 10.5. The summed E-state index contributed by atoms with van der Waals surface area (Å²) < 4.78 is 13.1. The molecule has 0 aliphatic heterocycles. The molecule has 17 heavy (non-hydrogen) atoms. The summed E-state index contributed by atoms with van der Waals surface area (Å²) in [6, 6.07) is 4.12. The summed E-state index contributed by atoms with van der Waals surface area (Å²) in [6.45, 7) is 2.00. The van der Waals surface area contributed by atoms with Gasteiger partial charge in [0.1, 0.15) is 11.1 Å². The maximum atomic E-state index is 13.1. The Kier molecular flexibility index (Phi) is 5.28. The van der Waals surface area contributed by atoms with Crippen LogP contribution in [0.2, 0.25) is 0 Å². The van der Waals surface area contributed by atoms with Crippen LogP contribution in [0.3, 0.4) is 0 Å². The fourth-order valence-electron chi connectivity index (χ4n) is 1.44. The molecule has 0 saturated heterocycles. The van der Waals surface area contributed by atoms with Crippen molar-refractivity contribution < 1.29 is 14.3 Å². The molecular weight excluding hydrogens is 241 g/mol. The van der Waals surface area contributed by atoms with Gasteiger partial charge < -0.3 is 10.8 Å². The van der Waals surface area contributed by atoms with E-state index in [2.05, 4.69) is 0 Å². The molecule has 5 heteroatoms. The largest absolute Gasteiger partial charge is 0.480 e. The molecule has 0 amide bonds. The van der Waals surface area contributed by atoms with E-state index >= 15 is 0 Å². The van der Waals surface area contributed by atoms with Crippen LogP contribution in [0.4, 0.5) is 10.1 Å². The molecule has 1 aromatic carbocycles. The minimum absolute atomic E-state index is 0.312. The van der Waals surface area contributed by atoms with Gasteiger partial charge in [0.05, 0.1) is 0 Å². The highest BCUT2D eigenvalue weighted by molar-refractivity contribution is 8.00. The molecule has 0 aliphatic rings. The zero-order chi connectivity index (χ0) is 12.8. The second-order valence-electron chi connectivity index (χ2n) is 3.81. The van der Waals surface area contributed by atoms with Gasteiger partial charge in [0.25, 0.3) is 0 Å². The molecule has 0 radical (unpaired) electrons. The van der Waals surface area contributed by atoms with E-state index in [0.717, 1.165) is 24.6 Å². The molecule has 0 aliphatic carbocycles. The Bertz CT molecular complexity index is 378. The predicted molar refractivity (Wildman–Crippen MR) is 67.6 cm³/mol. The lowest BCUT2D eigenvalue weighted by molar-refractivity contribution is -0.136. The topological polar surface area (TPSA) is 63.3 Å². The summed E-state index contributed by atoms with van der Waals surface area (Å²) in [5.74, 6) is -1.31. The molecule has 1 aromatic rings. The number of benzene rings is 1. The van der Waals surface area contributed by atoms with Gasteiger partial charge in [0.2, 0.25) is 0 Å². The number of rotatable bonds is 6. The van der Waals surface area contributed by atoms with Crippen LogP contribution in [0.5, 0.6) is 0 Å². The highest BCUT2D eigenvalue weighted by Gasteiger charge is 2.18. The van der Waals surface area contributed by atoms with E-state index in [0.29, 0.717) is 17.0 Å². The number of carbonyl (C=O) groups is 1. The molecule has 0 aromatic heterocycles. The van der Waals surface area contributed by atoms with Gasteiger partial charge in [0, 0.05) is 10.6 Å². The number of anilines is 1. The van der Waals surface area contributed by atoms with Crippen LogP contribution >= 0.6 is 11.8 Å². The molecule has 0 spiro atoms. The number of nitrogen functional groups attached to an aromatic ring is 1. The van der Waals surface area contributed by atoms with Gasteiger partial charge in [-0.3, -0.25) is 4.79 Å². The molecule has 1 atom stereocenters. The van der Waals surface area contributed by atoms with E-state index in [9.17, 15) is 9.18 Å². The number of aliphatic carboxylic acids is 1. The average molecular weight is 257 g/mol. The first-order valence-electron chi connectivity index (χ1n) is 5.48. The molecule has 1 rings (SSSR count). The number of carboxylic acids is 1. The van der Waals surface area contributed by atoms with Crippen LogP contribution in [0.1, 0.15) is 26.2 Å². The Morgan fingerprint density at radius 2 is 2.24 bits per heavy atom. The SMILES string of the molecule is CCCCC(Sc1cc(N)cc(F)c1)C(=O)O. The molecule has 94 valence electrons. The Morgan fingerprint density at radius 1 is 1.53 bits per heavy atom. The van der Waals surface area contributed by atoms with Gasteiger partial charge in [-0.15, -0.1) is 11.8 Å². The fraction of sp³-hybridized carbons (Fsp3) is 0.417. The van der Waals surface area contributed by atoms with Crippen LogP contribution in [-0.2, 0) is 4.79 Å². The number of hydrogen-bond donors (Lipinski definition) is 2. The standard InChI is InChI=1S/C12H16FNO2S/c1-2-3-4-11(12(15)16)17-10-6-8(13)5-9(14)7-10/h5-7,11H,2-4,14H2,1H3,(H,15,16). The van der Waals surface area contributed by atoms with Gasteiger partial charge in [-0.05, 0) is 24.6 Å². The maximum absolute atomic E-state index is 13.1. The van der Waals surface area contributed by atoms with Gasteiger partial charge in [-0.1, -0.05) is 19.8 Å². The Labute approximate surface area is 104 Å². The van der Waals surface area contributed by atoms with Crippen LogP contribution in [-0.4, -0.2) is 16.3 Å². The van der Waals surface area contributed by atoms with Crippen molar-refractivity contribution >= 4 is 23.4 Å². The van der Waals surface area contributed by atoms with Crippen molar-refractivity contribution in [3.8, 4) is 0 Å². The first-order chi connectivity index (χ1) is 8.02. The smallest absolute Gasteiger partial charge is 0.316 e. The quantitative estimate of drug-likeness (QED) is 0.607. The van der Waals surface area contributed by atoms with E-state index in [4.69, 9.17) is 10.8 Å². The van der Waals surface area contributed by atoms with E-state index in [1.165, 1.54) is 12.1 Å². The molecule has 0 heterocycles.